The van der Waals surface area contributed by atoms with E-state index in [1.807, 2.05) is 24.3 Å². The molecule has 0 radical (unpaired) electrons. The summed E-state index contributed by atoms with van der Waals surface area (Å²) in [6.45, 7) is 4.31. The maximum Gasteiger partial charge on any atom is 0.235 e. The van der Waals surface area contributed by atoms with Crippen LogP contribution in [-0.2, 0) is 24.2 Å². The van der Waals surface area contributed by atoms with Gasteiger partial charge in [-0.3, -0.25) is 4.79 Å². The molecule has 0 bridgehead atoms. The summed E-state index contributed by atoms with van der Waals surface area (Å²) in [7, 11) is 0. The topological polar surface area (TPSA) is 83.6 Å². The smallest absolute Gasteiger partial charge is 0.235 e. The number of aryl methyl sites for hydroxylation is 1. The Morgan fingerprint density at radius 1 is 1.35 bits per heavy atom. The molecule has 158 valence electrons. The Kier molecular flexibility index (Phi) is 6.90. The molecule has 0 unspecified atom stereocenters. The van der Waals surface area contributed by atoms with Crippen molar-refractivity contribution >= 4 is 49.9 Å². The Morgan fingerprint density at radius 2 is 2.13 bits per heavy atom. The molecule has 0 aliphatic heterocycles. The summed E-state index contributed by atoms with van der Waals surface area (Å²) in [4.78, 5) is 18.4. The van der Waals surface area contributed by atoms with E-state index in [-0.39, 0.29) is 11.7 Å². The molecule has 0 saturated carbocycles. The van der Waals surface area contributed by atoms with Crippen molar-refractivity contribution < 1.29 is 4.79 Å². The Hall–Kier alpha value is -2.41. The zero-order chi connectivity index (χ0) is 21.8. The molecule has 0 saturated heterocycles. The Balaban J connectivity index is 1.46. The number of fused-ring (bicyclic) bond motifs is 1. The highest BCUT2D eigenvalue weighted by Crippen LogP contribution is 2.37. The van der Waals surface area contributed by atoms with Crippen molar-refractivity contribution in [3.05, 3.63) is 57.4 Å². The van der Waals surface area contributed by atoms with Gasteiger partial charge in [0.05, 0.1) is 17.9 Å². The van der Waals surface area contributed by atoms with E-state index in [2.05, 4.69) is 44.0 Å². The van der Waals surface area contributed by atoms with E-state index in [0.29, 0.717) is 22.3 Å². The van der Waals surface area contributed by atoms with Crippen molar-refractivity contribution in [3.8, 4) is 17.5 Å². The fourth-order valence-electron chi connectivity index (χ4n) is 3.51. The van der Waals surface area contributed by atoms with Gasteiger partial charge in [0.25, 0.3) is 0 Å². The molecule has 1 N–H and O–H groups in total. The molecule has 1 amide bonds. The van der Waals surface area contributed by atoms with Crippen LogP contribution in [0.1, 0.15) is 28.8 Å². The van der Waals surface area contributed by atoms with Gasteiger partial charge >= 0.3 is 0 Å². The number of carbonyl (C=O) groups excluding carboxylic acids is 1. The minimum Gasteiger partial charge on any atom is -0.316 e. The molecule has 0 fully saturated rings. The van der Waals surface area contributed by atoms with Crippen molar-refractivity contribution in [1.29, 1.82) is 5.26 Å². The first-order chi connectivity index (χ1) is 15.1. The molecule has 31 heavy (non-hydrogen) atoms. The predicted molar refractivity (Wildman–Crippen MR) is 128 cm³/mol. The van der Waals surface area contributed by atoms with Crippen LogP contribution in [0.4, 0.5) is 5.00 Å². The van der Waals surface area contributed by atoms with E-state index in [0.717, 1.165) is 47.1 Å². The maximum absolute atomic E-state index is 12.6. The van der Waals surface area contributed by atoms with Crippen LogP contribution in [0.25, 0.3) is 11.4 Å². The summed E-state index contributed by atoms with van der Waals surface area (Å²) in [5.74, 6) is 0.740. The zero-order valence-electron chi connectivity index (χ0n) is 16.7. The SMILES string of the molecule is C=CCn1nc(SCC(=O)Nc2sc3c(c2C#N)CCCC3)nc1-c1ccc(Br)cc1. The monoisotopic (exact) mass is 513 g/mol. The van der Waals surface area contributed by atoms with E-state index in [4.69, 9.17) is 0 Å². The van der Waals surface area contributed by atoms with E-state index >= 15 is 0 Å². The van der Waals surface area contributed by atoms with Crippen LogP contribution in [0.15, 0.2) is 46.5 Å². The van der Waals surface area contributed by atoms with Crippen molar-refractivity contribution in [2.45, 2.75) is 37.4 Å². The number of halogens is 1. The van der Waals surface area contributed by atoms with Crippen LogP contribution < -0.4 is 5.32 Å². The van der Waals surface area contributed by atoms with Crippen LogP contribution >= 0.6 is 39.0 Å². The molecule has 2 aromatic heterocycles. The molecule has 2 heterocycles. The number of benzene rings is 1. The number of amides is 1. The number of aromatic nitrogens is 3. The number of nitriles is 1. The van der Waals surface area contributed by atoms with Gasteiger partial charge in [-0.2, -0.15) is 5.26 Å². The third-order valence-electron chi connectivity index (χ3n) is 4.93. The summed E-state index contributed by atoms with van der Waals surface area (Å²) < 4.78 is 2.77. The quantitative estimate of drug-likeness (QED) is 0.336. The number of carbonyl (C=O) groups is 1. The number of thiophene rings is 1. The second kappa shape index (κ2) is 9.81. The fraction of sp³-hybridized carbons (Fsp3) is 0.273. The summed E-state index contributed by atoms with van der Waals surface area (Å²) >= 11 is 6.25. The van der Waals surface area contributed by atoms with Gasteiger partial charge in [0.2, 0.25) is 11.1 Å². The number of anilines is 1. The average Bonchev–Trinajstić information content (AvgIpc) is 3.33. The molecule has 0 atom stereocenters. The standard InChI is InChI=1S/C22H20BrN5OS2/c1-2-11-28-20(14-7-9-15(23)10-8-14)26-22(27-28)30-13-19(29)25-21-17(12-24)16-5-3-4-6-18(16)31-21/h2,7-10H,1,3-6,11,13H2,(H,25,29). The van der Waals surface area contributed by atoms with Crippen molar-refractivity contribution in [2.24, 2.45) is 0 Å². The number of hydrogen-bond donors (Lipinski definition) is 1. The van der Waals surface area contributed by atoms with Gasteiger partial charge in [-0.1, -0.05) is 45.9 Å². The molecular weight excluding hydrogens is 494 g/mol. The summed E-state index contributed by atoms with van der Waals surface area (Å²) in [6.07, 6.45) is 5.91. The third kappa shape index (κ3) is 4.92. The number of thioether (sulfide) groups is 1. The third-order valence-corrected chi connectivity index (χ3v) is 7.50. The Labute approximate surface area is 197 Å². The lowest BCUT2D eigenvalue weighted by molar-refractivity contribution is -0.113. The second-order valence-electron chi connectivity index (χ2n) is 7.06. The van der Waals surface area contributed by atoms with Crippen LogP contribution in [-0.4, -0.2) is 26.4 Å². The first kappa shape index (κ1) is 21.8. The van der Waals surface area contributed by atoms with Gasteiger partial charge in [0.15, 0.2) is 5.82 Å². The molecule has 1 aliphatic rings. The van der Waals surface area contributed by atoms with Gasteiger partial charge in [0.1, 0.15) is 11.1 Å². The maximum atomic E-state index is 12.6. The minimum atomic E-state index is -0.162. The molecule has 0 spiro atoms. The number of hydrogen-bond acceptors (Lipinski definition) is 6. The van der Waals surface area contributed by atoms with E-state index in [1.165, 1.54) is 28.0 Å². The van der Waals surface area contributed by atoms with Crippen LogP contribution in [0.3, 0.4) is 0 Å². The van der Waals surface area contributed by atoms with Crippen LogP contribution in [0, 0.1) is 11.3 Å². The lowest BCUT2D eigenvalue weighted by atomic mass is 9.96. The number of allylic oxidation sites excluding steroid dienone is 1. The summed E-state index contributed by atoms with van der Waals surface area (Å²) in [6, 6.07) is 10.1. The zero-order valence-corrected chi connectivity index (χ0v) is 19.9. The van der Waals surface area contributed by atoms with Crippen molar-refractivity contribution in [2.75, 3.05) is 11.1 Å². The van der Waals surface area contributed by atoms with Crippen molar-refractivity contribution in [1.82, 2.24) is 14.8 Å². The van der Waals surface area contributed by atoms with E-state index in [9.17, 15) is 10.1 Å². The van der Waals surface area contributed by atoms with Crippen molar-refractivity contribution in [3.63, 3.8) is 0 Å². The van der Waals surface area contributed by atoms with Gasteiger partial charge in [-0.05, 0) is 43.4 Å². The normalized spacial score (nSPS) is 12.8. The number of nitrogens with zero attached hydrogens (tertiary/aromatic N) is 4. The number of rotatable bonds is 7. The lowest BCUT2D eigenvalue weighted by Gasteiger charge is -2.09. The van der Waals surface area contributed by atoms with Gasteiger partial charge in [0, 0.05) is 14.9 Å². The molecule has 3 aromatic rings. The van der Waals surface area contributed by atoms with Gasteiger partial charge in [-0.15, -0.1) is 23.0 Å². The van der Waals surface area contributed by atoms with Gasteiger partial charge < -0.3 is 5.32 Å². The minimum absolute atomic E-state index is 0.162. The molecular formula is C22H20BrN5OS2. The molecule has 6 nitrogen and oxygen atoms in total. The first-order valence-corrected chi connectivity index (χ1v) is 12.5. The van der Waals surface area contributed by atoms with Crippen LogP contribution in [0.5, 0.6) is 0 Å². The fourth-order valence-corrected chi connectivity index (χ4v) is 5.67. The van der Waals surface area contributed by atoms with E-state index in [1.54, 1.807) is 10.8 Å². The number of nitrogens with one attached hydrogen (secondary N) is 1. The first-order valence-electron chi connectivity index (χ1n) is 9.88. The Bertz CT molecular complexity index is 1160. The molecule has 4 rings (SSSR count). The molecule has 1 aliphatic carbocycles. The highest BCUT2D eigenvalue weighted by Gasteiger charge is 2.22. The van der Waals surface area contributed by atoms with E-state index < -0.39 is 0 Å². The van der Waals surface area contributed by atoms with Crippen LogP contribution in [0.2, 0.25) is 0 Å². The highest BCUT2D eigenvalue weighted by atomic mass is 79.9. The van der Waals surface area contributed by atoms with Gasteiger partial charge in [-0.25, -0.2) is 9.67 Å². The Morgan fingerprint density at radius 3 is 2.87 bits per heavy atom. The average molecular weight is 514 g/mol. The second-order valence-corrected chi connectivity index (χ2v) is 10.0. The lowest BCUT2D eigenvalue weighted by Crippen LogP contribution is -2.14. The largest absolute Gasteiger partial charge is 0.316 e. The summed E-state index contributed by atoms with van der Waals surface area (Å²) in [5.41, 5.74) is 2.69. The highest BCUT2D eigenvalue weighted by molar-refractivity contribution is 9.10. The summed E-state index contributed by atoms with van der Waals surface area (Å²) in [5, 5.41) is 18.2. The molecule has 9 heteroatoms. The molecule has 1 aromatic carbocycles. The predicted octanol–water partition coefficient (Wildman–Crippen LogP) is 5.44.